The largest absolute Gasteiger partial charge is 0.352 e. The number of halogens is 4. The van der Waals surface area contributed by atoms with Crippen LogP contribution in [0.5, 0.6) is 0 Å². The lowest BCUT2D eigenvalue weighted by atomic mass is 9.96. The van der Waals surface area contributed by atoms with Gasteiger partial charge in [0.25, 0.3) is 5.91 Å². The summed E-state index contributed by atoms with van der Waals surface area (Å²) in [5.74, 6) is -0.443. The monoisotopic (exact) mass is 461 g/mol. The van der Waals surface area contributed by atoms with Gasteiger partial charge in [-0.25, -0.2) is 0 Å². The normalized spacial score (nSPS) is 14.8. The highest BCUT2D eigenvalue weighted by molar-refractivity contribution is 7.16. The Morgan fingerprint density at radius 1 is 1.26 bits per heavy atom. The fraction of sp³-hybridized carbons (Fsp3) is 0.333. The van der Waals surface area contributed by atoms with Crippen molar-refractivity contribution >= 4 is 68.6 Å². The lowest BCUT2D eigenvalue weighted by Crippen LogP contribution is -2.49. The van der Waals surface area contributed by atoms with E-state index in [-0.39, 0.29) is 0 Å². The number of anilines is 1. The molecule has 0 saturated carbocycles. The number of aryl methyl sites for hydroxylation is 1. The van der Waals surface area contributed by atoms with Crippen molar-refractivity contribution in [3.8, 4) is 6.07 Å². The summed E-state index contributed by atoms with van der Waals surface area (Å²) >= 11 is 25.7. The molecule has 1 aliphatic carbocycles. The number of thiophene rings is 1. The third kappa shape index (κ3) is 4.82. The average Bonchev–Trinajstić information content (AvgIpc) is 2.97. The van der Waals surface area contributed by atoms with E-state index in [2.05, 4.69) is 16.7 Å². The SMILES string of the molecule is N#Cc1c(N[C@H](NC(=O)c2cccc(Cl)c2)C(Cl)(Cl)Cl)sc2c1CCCC2. The molecule has 2 N–H and O–H groups in total. The van der Waals surface area contributed by atoms with Crippen LogP contribution in [0, 0.1) is 11.3 Å². The predicted molar refractivity (Wildman–Crippen MR) is 112 cm³/mol. The number of nitrogens with zero attached hydrogens (tertiary/aromatic N) is 1. The number of amides is 1. The number of nitrogens with one attached hydrogen (secondary N) is 2. The van der Waals surface area contributed by atoms with Crippen molar-refractivity contribution in [2.45, 2.75) is 35.6 Å². The molecule has 4 nitrogen and oxygen atoms in total. The van der Waals surface area contributed by atoms with Crippen molar-refractivity contribution in [3.05, 3.63) is 50.9 Å². The van der Waals surface area contributed by atoms with E-state index in [0.717, 1.165) is 31.2 Å². The van der Waals surface area contributed by atoms with E-state index in [9.17, 15) is 10.1 Å². The molecule has 1 aromatic heterocycles. The van der Waals surface area contributed by atoms with Crippen LogP contribution in [-0.2, 0) is 12.8 Å². The number of benzene rings is 1. The summed E-state index contributed by atoms with van der Waals surface area (Å²) in [6, 6.07) is 8.71. The number of alkyl halides is 3. The van der Waals surface area contributed by atoms with Gasteiger partial charge in [-0.1, -0.05) is 52.5 Å². The van der Waals surface area contributed by atoms with Crippen LogP contribution in [-0.4, -0.2) is 15.9 Å². The van der Waals surface area contributed by atoms with E-state index in [4.69, 9.17) is 46.4 Å². The fourth-order valence-electron chi connectivity index (χ4n) is 2.96. The highest BCUT2D eigenvalue weighted by Gasteiger charge is 2.36. The summed E-state index contributed by atoms with van der Waals surface area (Å²) in [5, 5.41) is 16.3. The van der Waals surface area contributed by atoms with Crippen LogP contribution in [0.2, 0.25) is 5.02 Å². The molecule has 0 unspecified atom stereocenters. The number of rotatable bonds is 4. The van der Waals surface area contributed by atoms with Gasteiger partial charge in [-0.2, -0.15) is 5.26 Å². The first-order valence-electron chi connectivity index (χ1n) is 8.24. The van der Waals surface area contributed by atoms with Crippen LogP contribution in [0.4, 0.5) is 5.00 Å². The Kier molecular flexibility index (Phi) is 6.45. The number of fused-ring (bicyclic) bond motifs is 1. The summed E-state index contributed by atoms with van der Waals surface area (Å²) in [5.41, 5.74) is 1.96. The van der Waals surface area contributed by atoms with Crippen molar-refractivity contribution in [1.82, 2.24) is 5.32 Å². The van der Waals surface area contributed by atoms with Gasteiger partial charge in [0.2, 0.25) is 3.79 Å². The molecule has 0 saturated heterocycles. The van der Waals surface area contributed by atoms with Crippen LogP contribution in [0.15, 0.2) is 24.3 Å². The van der Waals surface area contributed by atoms with Crippen LogP contribution in [0.25, 0.3) is 0 Å². The Balaban J connectivity index is 1.86. The first kappa shape index (κ1) is 20.6. The van der Waals surface area contributed by atoms with Crippen molar-refractivity contribution < 1.29 is 4.79 Å². The van der Waals surface area contributed by atoms with Crippen LogP contribution in [0.3, 0.4) is 0 Å². The summed E-state index contributed by atoms with van der Waals surface area (Å²) < 4.78 is -1.83. The van der Waals surface area contributed by atoms with Gasteiger partial charge in [-0.15, -0.1) is 11.3 Å². The zero-order chi connectivity index (χ0) is 19.6. The molecule has 0 fully saturated rings. The standard InChI is InChI=1S/C18H15Cl4N3OS/c19-11-5-3-4-10(8-11)15(26)24-17(18(20,21)22)25-16-13(9-23)12-6-1-2-7-14(12)27-16/h3-5,8,17,25H,1-2,6-7H2,(H,24,26)/t17-/m0/s1. The first-order chi connectivity index (χ1) is 12.8. The highest BCUT2D eigenvalue weighted by Crippen LogP contribution is 2.40. The van der Waals surface area contributed by atoms with Gasteiger partial charge in [0, 0.05) is 15.5 Å². The van der Waals surface area contributed by atoms with Crippen molar-refractivity contribution in [2.24, 2.45) is 0 Å². The maximum atomic E-state index is 12.5. The van der Waals surface area contributed by atoms with E-state index in [1.54, 1.807) is 18.2 Å². The Hall–Kier alpha value is -1.16. The fourth-order valence-corrected chi connectivity index (χ4v) is 4.75. The van der Waals surface area contributed by atoms with E-state index in [0.29, 0.717) is 21.2 Å². The lowest BCUT2D eigenvalue weighted by Gasteiger charge is -2.27. The van der Waals surface area contributed by atoms with E-state index >= 15 is 0 Å². The molecular formula is C18H15Cl4N3OS. The van der Waals surface area contributed by atoms with Gasteiger partial charge in [-0.05, 0) is 49.4 Å². The van der Waals surface area contributed by atoms with Crippen LogP contribution in [0.1, 0.15) is 39.2 Å². The quantitative estimate of drug-likeness (QED) is 0.453. The maximum absolute atomic E-state index is 12.5. The lowest BCUT2D eigenvalue weighted by molar-refractivity contribution is 0.0942. The van der Waals surface area contributed by atoms with Crippen molar-refractivity contribution in [1.29, 1.82) is 5.26 Å². The molecule has 1 aliphatic rings. The third-order valence-electron chi connectivity index (χ3n) is 4.25. The summed E-state index contributed by atoms with van der Waals surface area (Å²) in [6.45, 7) is 0. The number of hydrogen-bond acceptors (Lipinski definition) is 4. The summed E-state index contributed by atoms with van der Waals surface area (Å²) in [4.78, 5) is 13.7. The minimum atomic E-state index is -1.83. The number of hydrogen-bond donors (Lipinski definition) is 2. The Labute approximate surface area is 181 Å². The first-order valence-corrected chi connectivity index (χ1v) is 10.6. The van der Waals surface area contributed by atoms with E-state index in [1.807, 2.05) is 0 Å². The molecule has 142 valence electrons. The Morgan fingerprint density at radius 3 is 2.67 bits per heavy atom. The zero-order valence-electron chi connectivity index (χ0n) is 14.0. The van der Waals surface area contributed by atoms with Gasteiger partial charge in [-0.3, -0.25) is 4.79 Å². The summed E-state index contributed by atoms with van der Waals surface area (Å²) in [6.07, 6.45) is 2.92. The smallest absolute Gasteiger partial charge is 0.253 e. The van der Waals surface area contributed by atoms with Crippen molar-refractivity contribution in [3.63, 3.8) is 0 Å². The Bertz CT molecular complexity index is 901. The molecule has 1 aromatic carbocycles. The van der Waals surface area contributed by atoms with Crippen LogP contribution >= 0.6 is 57.7 Å². The molecule has 0 bridgehead atoms. The third-order valence-corrected chi connectivity index (χ3v) is 6.36. The topological polar surface area (TPSA) is 64.9 Å². The second-order valence-electron chi connectivity index (χ2n) is 6.13. The van der Waals surface area contributed by atoms with Gasteiger partial charge < -0.3 is 10.6 Å². The molecule has 0 aliphatic heterocycles. The van der Waals surface area contributed by atoms with Gasteiger partial charge in [0.05, 0.1) is 5.56 Å². The molecule has 1 amide bonds. The molecule has 1 heterocycles. The van der Waals surface area contributed by atoms with Crippen molar-refractivity contribution in [2.75, 3.05) is 5.32 Å². The second-order valence-corrected chi connectivity index (χ2v) is 10.0. The minimum Gasteiger partial charge on any atom is -0.352 e. The predicted octanol–water partition coefficient (Wildman–Crippen LogP) is 5.69. The molecule has 27 heavy (non-hydrogen) atoms. The summed E-state index contributed by atoms with van der Waals surface area (Å²) in [7, 11) is 0. The van der Waals surface area contributed by atoms with Gasteiger partial charge in [0.1, 0.15) is 17.2 Å². The van der Waals surface area contributed by atoms with E-state index < -0.39 is 15.9 Å². The molecule has 0 spiro atoms. The molecule has 0 radical (unpaired) electrons. The Morgan fingerprint density at radius 2 is 2.00 bits per heavy atom. The van der Waals surface area contributed by atoms with Gasteiger partial charge in [0.15, 0.2) is 0 Å². The number of carbonyl (C=O) groups is 1. The maximum Gasteiger partial charge on any atom is 0.253 e. The molecule has 3 rings (SSSR count). The van der Waals surface area contributed by atoms with E-state index in [1.165, 1.54) is 22.3 Å². The zero-order valence-corrected chi connectivity index (χ0v) is 17.8. The molecule has 1 atom stereocenters. The molecule has 9 heteroatoms. The number of nitriles is 1. The van der Waals surface area contributed by atoms with Gasteiger partial charge >= 0.3 is 0 Å². The molecular weight excluding hydrogens is 448 g/mol. The average molecular weight is 463 g/mol. The highest BCUT2D eigenvalue weighted by atomic mass is 35.6. The molecule has 2 aromatic rings. The van der Waals surface area contributed by atoms with Crippen LogP contribution < -0.4 is 10.6 Å². The minimum absolute atomic E-state index is 0.342. The second kappa shape index (κ2) is 8.46. The number of carbonyl (C=O) groups excluding carboxylic acids is 1.